The molecule has 0 unspecified atom stereocenters. The highest BCUT2D eigenvalue weighted by atomic mass is 32.2. The van der Waals surface area contributed by atoms with Crippen molar-refractivity contribution in [3.63, 3.8) is 0 Å². The van der Waals surface area contributed by atoms with Crippen molar-refractivity contribution in [3.8, 4) is 0 Å². The predicted octanol–water partition coefficient (Wildman–Crippen LogP) is 2.92. The second-order valence-electron chi connectivity index (χ2n) is 5.56. The molecule has 7 heteroatoms. The van der Waals surface area contributed by atoms with Gasteiger partial charge in [-0.05, 0) is 24.3 Å². The molecule has 118 valence electrons. The number of hydrogen-bond acceptors (Lipinski definition) is 5. The Labute approximate surface area is 136 Å². The maximum Gasteiger partial charge on any atom is 0.260 e. The third kappa shape index (κ3) is 3.89. The predicted molar refractivity (Wildman–Crippen MR) is 90.6 cm³/mol. The topological polar surface area (TPSA) is 74.8 Å². The van der Waals surface area contributed by atoms with Crippen LogP contribution in [0.5, 0.6) is 0 Å². The Morgan fingerprint density at radius 1 is 1.36 bits per heavy atom. The van der Waals surface area contributed by atoms with Crippen molar-refractivity contribution in [1.29, 1.82) is 0 Å². The number of thioether (sulfide) groups is 1. The SMILES string of the molecule is O=C(CSc1nc2sccc2c(=O)[nH]1)NC1CCCCCC1. The van der Waals surface area contributed by atoms with Crippen LogP contribution in [0.3, 0.4) is 0 Å². The van der Waals surface area contributed by atoms with Crippen molar-refractivity contribution >= 4 is 39.2 Å². The van der Waals surface area contributed by atoms with Crippen LogP contribution in [-0.4, -0.2) is 27.7 Å². The van der Waals surface area contributed by atoms with Crippen molar-refractivity contribution in [2.24, 2.45) is 0 Å². The lowest BCUT2D eigenvalue weighted by molar-refractivity contribution is -0.119. The molecule has 0 spiro atoms. The number of hydrogen-bond donors (Lipinski definition) is 2. The van der Waals surface area contributed by atoms with E-state index < -0.39 is 0 Å². The van der Waals surface area contributed by atoms with Gasteiger partial charge in [-0.15, -0.1) is 11.3 Å². The Morgan fingerprint density at radius 3 is 2.91 bits per heavy atom. The van der Waals surface area contributed by atoms with Gasteiger partial charge in [0.2, 0.25) is 5.91 Å². The zero-order valence-electron chi connectivity index (χ0n) is 12.3. The van der Waals surface area contributed by atoms with Crippen molar-refractivity contribution in [2.45, 2.75) is 49.7 Å². The maximum absolute atomic E-state index is 12.0. The number of nitrogens with zero attached hydrogens (tertiary/aromatic N) is 1. The average Bonchev–Trinajstić information content (AvgIpc) is 2.83. The van der Waals surface area contributed by atoms with Crippen LogP contribution >= 0.6 is 23.1 Å². The number of amides is 1. The van der Waals surface area contributed by atoms with Crippen LogP contribution in [0, 0.1) is 0 Å². The first kappa shape index (κ1) is 15.6. The van der Waals surface area contributed by atoms with E-state index in [1.165, 1.54) is 48.8 Å². The Bertz CT molecular complexity index is 702. The second-order valence-corrected chi connectivity index (χ2v) is 7.41. The van der Waals surface area contributed by atoms with Gasteiger partial charge in [0.15, 0.2) is 5.16 Å². The van der Waals surface area contributed by atoms with Gasteiger partial charge >= 0.3 is 0 Å². The number of H-pyrrole nitrogens is 1. The summed E-state index contributed by atoms with van der Waals surface area (Å²) in [5.74, 6) is 0.307. The Kier molecular flexibility index (Phi) is 5.15. The van der Waals surface area contributed by atoms with E-state index >= 15 is 0 Å². The molecule has 1 fully saturated rings. The fourth-order valence-corrected chi connectivity index (χ4v) is 4.23. The highest BCUT2D eigenvalue weighted by molar-refractivity contribution is 7.99. The van der Waals surface area contributed by atoms with E-state index in [-0.39, 0.29) is 17.2 Å². The Balaban J connectivity index is 1.56. The van der Waals surface area contributed by atoms with Crippen molar-refractivity contribution < 1.29 is 4.79 Å². The number of fused-ring (bicyclic) bond motifs is 1. The van der Waals surface area contributed by atoms with Crippen LogP contribution in [-0.2, 0) is 4.79 Å². The summed E-state index contributed by atoms with van der Waals surface area (Å²) in [6.45, 7) is 0. The fraction of sp³-hybridized carbons (Fsp3) is 0.533. The molecular weight excluding hydrogens is 318 g/mol. The number of aromatic nitrogens is 2. The first-order chi connectivity index (χ1) is 10.7. The summed E-state index contributed by atoms with van der Waals surface area (Å²) in [4.78, 5) is 31.7. The van der Waals surface area contributed by atoms with Crippen LogP contribution in [0.15, 0.2) is 21.4 Å². The minimum atomic E-state index is -0.141. The molecule has 2 aromatic heterocycles. The number of aromatic amines is 1. The molecule has 1 amide bonds. The van der Waals surface area contributed by atoms with Crippen LogP contribution in [0.1, 0.15) is 38.5 Å². The number of rotatable bonds is 4. The van der Waals surface area contributed by atoms with Crippen molar-refractivity contribution in [1.82, 2.24) is 15.3 Å². The number of nitrogens with one attached hydrogen (secondary N) is 2. The first-order valence-corrected chi connectivity index (χ1v) is 9.48. The largest absolute Gasteiger partial charge is 0.353 e. The number of carbonyl (C=O) groups is 1. The molecule has 0 radical (unpaired) electrons. The molecule has 0 atom stereocenters. The quantitative estimate of drug-likeness (QED) is 0.511. The smallest absolute Gasteiger partial charge is 0.260 e. The normalized spacial score (nSPS) is 16.5. The summed E-state index contributed by atoms with van der Waals surface area (Å²) < 4.78 is 0. The number of carbonyl (C=O) groups excluding carboxylic acids is 1. The van der Waals surface area contributed by atoms with Crippen LogP contribution in [0.4, 0.5) is 0 Å². The second kappa shape index (κ2) is 7.28. The third-order valence-electron chi connectivity index (χ3n) is 3.87. The molecule has 5 nitrogen and oxygen atoms in total. The van der Waals surface area contributed by atoms with Gasteiger partial charge in [0.25, 0.3) is 5.56 Å². The summed E-state index contributed by atoms with van der Waals surface area (Å²) in [6.07, 6.45) is 7.09. The van der Waals surface area contributed by atoms with Gasteiger partial charge in [-0.2, -0.15) is 0 Å². The summed E-state index contributed by atoms with van der Waals surface area (Å²) in [5.41, 5.74) is -0.141. The van der Waals surface area contributed by atoms with Crippen LogP contribution in [0.25, 0.3) is 10.2 Å². The van der Waals surface area contributed by atoms with E-state index in [1.807, 2.05) is 5.38 Å². The Hall–Kier alpha value is -1.34. The molecule has 2 N–H and O–H groups in total. The molecule has 22 heavy (non-hydrogen) atoms. The van der Waals surface area contributed by atoms with Crippen LogP contribution in [0.2, 0.25) is 0 Å². The summed E-state index contributed by atoms with van der Waals surface area (Å²) in [5, 5.41) is 6.06. The van der Waals surface area contributed by atoms with Crippen molar-refractivity contribution in [2.75, 3.05) is 5.75 Å². The highest BCUT2D eigenvalue weighted by Crippen LogP contribution is 2.20. The van der Waals surface area contributed by atoms with E-state index in [0.29, 0.717) is 16.6 Å². The summed E-state index contributed by atoms with van der Waals surface area (Å²) in [6, 6.07) is 2.07. The lowest BCUT2D eigenvalue weighted by Gasteiger charge is -2.15. The van der Waals surface area contributed by atoms with Gasteiger partial charge in [0, 0.05) is 6.04 Å². The fourth-order valence-electron chi connectivity index (χ4n) is 2.74. The molecule has 0 aliphatic heterocycles. The average molecular weight is 337 g/mol. The van der Waals surface area contributed by atoms with E-state index in [4.69, 9.17) is 0 Å². The van der Waals surface area contributed by atoms with Gasteiger partial charge in [0.1, 0.15) is 4.83 Å². The van der Waals surface area contributed by atoms with E-state index in [0.717, 1.165) is 17.7 Å². The lowest BCUT2D eigenvalue weighted by atomic mass is 10.1. The minimum Gasteiger partial charge on any atom is -0.353 e. The first-order valence-electron chi connectivity index (χ1n) is 7.62. The number of thiophene rings is 1. The summed E-state index contributed by atoms with van der Waals surface area (Å²) in [7, 11) is 0. The standard InChI is InChI=1S/C15H19N3O2S2/c19-12(16-10-5-3-1-2-4-6-10)9-22-15-17-13(20)11-7-8-21-14(11)18-15/h7-8,10H,1-6,9H2,(H,16,19)(H,17,18,20). The lowest BCUT2D eigenvalue weighted by Crippen LogP contribution is -2.35. The van der Waals surface area contributed by atoms with Gasteiger partial charge in [0.05, 0.1) is 11.1 Å². The monoisotopic (exact) mass is 337 g/mol. The molecule has 1 saturated carbocycles. The van der Waals surface area contributed by atoms with Gasteiger partial charge < -0.3 is 10.3 Å². The molecule has 1 aliphatic carbocycles. The molecule has 3 rings (SSSR count). The molecule has 0 bridgehead atoms. The van der Waals surface area contributed by atoms with Crippen LogP contribution < -0.4 is 10.9 Å². The van der Waals surface area contributed by atoms with Crippen molar-refractivity contribution in [3.05, 3.63) is 21.8 Å². The van der Waals surface area contributed by atoms with E-state index in [1.54, 1.807) is 6.07 Å². The zero-order chi connectivity index (χ0) is 15.4. The van der Waals surface area contributed by atoms with Gasteiger partial charge in [-0.25, -0.2) is 4.98 Å². The molecule has 0 saturated heterocycles. The van der Waals surface area contributed by atoms with E-state index in [9.17, 15) is 9.59 Å². The molecule has 2 aromatic rings. The molecule has 2 heterocycles. The zero-order valence-corrected chi connectivity index (χ0v) is 13.9. The minimum absolute atomic E-state index is 0.0193. The third-order valence-corrected chi connectivity index (χ3v) is 5.55. The highest BCUT2D eigenvalue weighted by Gasteiger charge is 2.15. The summed E-state index contributed by atoms with van der Waals surface area (Å²) >= 11 is 2.72. The maximum atomic E-state index is 12.0. The van der Waals surface area contributed by atoms with Gasteiger partial charge in [-0.1, -0.05) is 37.4 Å². The molecular formula is C15H19N3O2S2. The Morgan fingerprint density at radius 2 is 2.14 bits per heavy atom. The van der Waals surface area contributed by atoms with E-state index in [2.05, 4.69) is 15.3 Å². The van der Waals surface area contributed by atoms with Gasteiger partial charge in [-0.3, -0.25) is 9.59 Å². The molecule has 1 aliphatic rings. The molecule has 0 aromatic carbocycles.